The van der Waals surface area contributed by atoms with Gasteiger partial charge < -0.3 is 14.2 Å². The first-order valence-electron chi connectivity index (χ1n) is 34.5. The molecule has 0 bridgehead atoms. The molecule has 0 saturated heterocycles. The number of ether oxygens (including phenoxy) is 3. The van der Waals surface area contributed by atoms with Gasteiger partial charge in [0.1, 0.15) is 13.2 Å². The second-order valence-electron chi connectivity index (χ2n) is 23.4. The lowest BCUT2D eigenvalue weighted by atomic mass is 10.0. The number of hydrogen-bond donors (Lipinski definition) is 0. The first-order valence-corrected chi connectivity index (χ1v) is 34.5. The summed E-state index contributed by atoms with van der Waals surface area (Å²) in [5.74, 6) is -0.848. The van der Waals surface area contributed by atoms with Crippen LogP contribution >= 0.6 is 0 Å². The van der Waals surface area contributed by atoms with Crippen LogP contribution < -0.4 is 0 Å². The zero-order valence-corrected chi connectivity index (χ0v) is 52.0. The van der Waals surface area contributed by atoms with Crippen LogP contribution in [0.25, 0.3) is 0 Å². The van der Waals surface area contributed by atoms with Crippen LogP contribution in [-0.4, -0.2) is 37.2 Å². The number of allylic oxidation sites excluding steroid dienone is 6. The van der Waals surface area contributed by atoms with Crippen molar-refractivity contribution in [1.29, 1.82) is 0 Å². The standard InChI is InChI=1S/C71H132O6/c1-4-7-10-13-16-19-22-24-26-28-30-31-32-33-34-35-36-37-38-39-41-42-44-46-49-52-55-58-61-64-70(73)76-67-68(66-75-69(72)63-60-57-54-51-48-21-18-15-12-9-6-3)77-71(74)65-62-59-56-53-50-47-45-43-40-29-27-25-23-20-17-14-11-8-5-2/h17,20,25,27-28,30,68H,4-16,18-19,21-24,26,29,31-67H2,1-3H3/b20-17-,27-25-,30-28-. The molecule has 0 aliphatic heterocycles. The van der Waals surface area contributed by atoms with Gasteiger partial charge >= 0.3 is 17.9 Å². The molecule has 77 heavy (non-hydrogen) atoms. The second kappa shape index (κ2) is 66.1. The van der Waals surface area contributed by atoms with Gasteiger partial charge in [-0.3, -0.25) is 14.4 Å². The van der Waals surface area contributed by atoms with Crippen LogP contribution in [0.4, 0.5) is 0 Å². The molecule has 452 valence electrons. The molecule has 0 aromatic rings. The molecular weight excluding hydrogens is 949 g/mol. The summed E-state index contributed by atoms with van der Waals surface area (Å²) in [6.45, 7) is 6.67. The Kier molecular flexibility index (Phi) is 64.1. The predicted octanol–water partition coefficient (Wildman–Crippen LogP) is 23.6. The van der Waals surface area contributed by atoms with Crippen molar-refractivity contribution in [2.75, 3.05) is 13.2 Å². The lowest BCUT2D eigenvalue weighted by molar-refractivity contribution is -0.167. The van der Waals surface area contributed by atoms with E-state index in [4.69, 9.17) is 14.2 Å². The highest BCUT2D eigenvalue weighted by Crippen LogP contribution is 2.18. The molecule has 0 aromatic heterocycles. The number of carbonyl (C=O) groups excluding carboxylic acids is 3. The minimum absolute atomic E-state index is 0.0686. The molecule has 0 aliphatic rings. The summed E-state index contributed by atoms with van der Waals surface area (Å²) in [6.07, 6.45) is 81.8. The van der Waals surface area contributed by atoms with Crippen molar-refractivity contribution in [1.82, 2.24) is 0 Å². The molecule has 0 N–H and O–H groups in total. The van der Waals surface area contributed by atoms with E-state index in [2.05, 4.69) is 57.2 Å². The molecule has 0 radical (unpaired) electrons. The first kappa shape index (κ1) is 74.6. The molecule has 0 aromatic carbocycles. The molecule has 1 atom stereocenters. The molecule has 0 aliphatic carbocycles. The quantitative estimate of drug-likeness (QED) is 0.0261. The van der Waals surface area contributed by atoms with Crippen LogP contribution in [0.3, 0.4) is 0 Å². The Morgan fingerprint density at radius 1 is 0.260 bits per heavy atom. The topological polar surface area (TPSA) is 78.9 Å². The van der Waals surface area contributed by atoms with Crippen LogP contribution in [0.2, 0.25) is 0 Å². The highest BCUT2D eigenvalue weighted by atomic mass is 16.6. The fraction of sp³-hybridized carbons (Fsp3) is 0.873. The van der Waals surface area contributed by atoms with Gasteiger partial charge in [-0.25, -0.2) is 0 Å². The summed E-state index contributed by atoms with van der Waals surface area (Å²) < 4.78 is 16.9. The zero-order chi connectivity index (χ0) is 55.7. The Hall–Kier alpha value is -2.37. The minimum atomic E-state index is -0.771. The van der Waals surface area contributed by atoms with Gasteiger partial charge in [-0.1, -0.05) is 320 Å². The van der Waals surface area contributed by atoms with E-state index < -0.39 is 6.10 Å². The highest BCUT2D eigenvalue weighted by Gasteiger charge is 2.19. The van der Waals surface area contributed by atoms with Crippen molar-refractivity contribution in [3.8, 4) is 0 Å². The SMILES string of the molecule is CCCCC/C=C\C/C=C\CCCCCCCCCCCC(=O)OC(COC(=O)CCCCCCCCCCCCC)COC(=O)CCCCCCCCCCCCCCCCCCC/C=C\CCCCCCCCCC. The molecule has 6 heteroatoms. The van der Waals surface area contributed by atoms with E-state index in [0.717, 1.165) is 64.2 Å². The summed E-state index contributed by atoms with van der Waals surface area (Å²) in [5.41, 5.74) is 0. The maximum atomic E-state index is 12.9. The van der Waals surface area contributed by atoms with Crippen molar-refractivity contribution in [3.05, 3.63) is 36.5 Å². The average molecular weight is 1080 g/mol. The minimum Gasteiger partial charge on any atom is -0.462 e. The third-order valence-corrected chi connectivity index (χ3v) is 15.6. The molecule has 0 heterocycles. The van der Waals surface area contributed by atoms with Gasteiger partial charge in [-0.15, -0.1) is 0 Å². The van der Waals surface area contributed by atoms with Gasteiger partial charge in [-0.2, -0.15) is 0 Å². The largest absolute Gasteiger partial charge is 0.462 e. The molecule has 0 rings (SSSR count). The van der Waals surface area contributed by atoms with Crippen LogP contribution in [0, 0.1) is 0 Å². The summed E-state index contributed by atoms with van der Waals surface area (Å²) in [4.78, 5) is 38.3. The molecule has 0 fully saturated rings. The van der Waals surface area contributed by atoms with Gasteiger partial charge in [0.25, 0.3) is 0 Å². The summed E-state index contributed by atoms with van der Waals surface area (Å²) >= 11 is 0. The third kappa shape index (κ3) is 64.3. The van der Waals surface area contributed by atoms with E-state index in [1.165, 1.54) is 276 Å². The monoisotopic (exact) mass is 1080 g/mol. The fourth-order valence-corrected chi connectivity index (χ4v) is 10.4. The van der Waals surface area contributed by atoms with Crippen molar-refractivity contribution in [2.24, 2.45) is 0 Å². The van der Waals surface area contributed by atoms with Crippen LogP contribution in [0.15, 0.2) is 36.5 Å². The van der Waals surface area contributed by atoms with Gasteiger partial charge in [0.2, 0.25) is 0 Å². The Labute approximate surface area is 480 Å². The number of carbonyl (C=O) groups is 3. The summed E-state index contributed by atoms with van der Waals surface area (Å²) in [6, 6.07) is 0. The summed E-state index contributed by atoms with van der Waals surface area (Å²) in [5, 5.41) is 0. The summed E-state index contributed by atoms with van der Waals surface area (Å²) in [7, 11) is 0. The molecule has 0 saturated carbocycles. The Bertz CT molecular complexity index is 1290. The predicted molar refractivity (Wildman–Crippen MR) is 335 cm³/mol. The van der Waals surface area contributed by atoms with Gasteiger partial charge in [0.05, 0.1) is 0 Å². The van der Waals surface area contributed by atoms with Gasteiger partial charge in [-0.05, 0) is 77.0 Å². The van der Waals surface area contributed by atoms with Gasteiger partial charge in [0.15, 0.2) is 6.10 Å². The number of rotatable bonds is 64. The number of esters is 3. The number of hydrogen-bond acceptors (Lipinski definition) is 6. The normalized spacial score (nSPS) is 12.2. The van der Waals surface area contributed by atoms with E-state index in [1.54, 1.807) is 0 Å². The third-order valence-electron chi connectivity index (χ3n) is 15.6. The van der Waals surface area contributed by atoms with E-state index in [1.807, 2.05) is 0 Å². The van der Waals surface area contributed by atoms with Crippen LogP contribution in [0.5, 0.6) is 0 Å². The van der Waals surface area contributed by atoms with Crippen molar-refractivity contribution < 1.29 is 28.6 Å². The lowest BCUT2D eigenvalue weighted by Crippen LogP contribution is -2.30. The van der Waals surface area contributed by atoms with E-state index in [0.29, 0.717) is 19.3 Å². The van der Waals surface area contributed by atoms with E-state index in [-0.39, 0.29) is 31.1 Å². The lowest BCUT2D eigenvalue weighted by Gasteiger charge is -2.18. The molecule has 0 amide bonds. The Morgan fingerprint density at radius 2 is 0.468 bits per heavy atom. The highest BCUT2D eigenvalue weighted by molar-refractivity contribution is 5.71. The first-order chi connectivity index (χ1) is 38.0. The maximum absolute atomic E-state index is 12.9. The van der Waals surface area contributed by atoms with Crippen LogP contribution in [0.1, 0.15) is 380 Å². The van der Waals surface area contributed by atoms with Crippen molar-refractivity contribution >= 4 is 17.9 Å². The fourth-order valence-electron chi connectivity index (χ4n) is 10.4. The second-order valence-corrected chi connectivity index (χ2v) is 23.4. The molecule has 1 unspecified atom stereocenters. The van der Waals surface area contributed by atoms with Crippen LogP contribution in [-0.2, 0) is 28.6 Å². The van der Waals surface area contributed by atoms with Crippen molar-refractivity contribution in [3.63, 3.8) is 0 Å². The van der Waals surface area contributed by atoms with Gasteiger partial charge in [0, 0.05) is 19.3 Å². The number of unbranched alkanes of at least 4 members (excludes halogenated alkanes) is 47. The van der Waals surface area contributed by atoms with Crippen molar-refractivity contribution in [2.45, 2.75) is 386 Å². The molecule has 6 nitrogen and oxygen atoms in total. The smallest absolute Gasteiger partial charge is 0.306 e. The Balaban J connectivity index is 4.14. The molecule has 0 spiro atoms. The average Bonchev–Trinajstić information content (AvgIpc) is 3.43. The maximum Gasteiger partial charge on any atom is 0.306 e. The van der Waals surface area contributed by atoms with E-state index >= 15 is 0 Å². The Morgan fingerprint density at radius 3 is 0.753 bits per heavy atom. The molecular formula is C71H132O6. The van der Waals surface area contributed by atoms with E-state index in [9.17, 15) is 14.4 Å². The zero-order valence-electron chi connectivity index (χ0n) is 52.0.